The Morgan fingerprint density at radius 3 is 2.29 bits per heavy atom. The van der Waals surface area contributed by atoms with Crippen molar-refractivity contribution in [2.24, 2.45) is 0 Å². The van der Waals surface area contributed by atoms with Crippen LogP contribution in [-0.2, 0) is 23.9 Å². The molecular weight excluding hydrogens is 243 g/mol. The van der Waals surface area contributed by atoms with Gasteiger partial charge < -0.3 is 24.5 Å². The topological polar surface area (TPSA) is 113 Å². The van der Waals surface area contributed by atoms with Gasteiger partial charge in [-0.25, -0.2) is 0 Å². The predicted octanol–water partition coefficient (Wildman–Crippen LogP) is -5.01. The first-order valence-electron chi connectivity index (χ1n) is 4.65. The summed E-state index contributed by atoms with van der Waals surface area (Å²) >= 11 is 0. The van der Waals surface area contributed by atoms with Crippen molar-refractivity contribution in [2.45, 2.75) is 25.9 Å². The number of aliphatic carboxylic acids is 1. The first kappa shape index (κ1) is 18.7. The van der Waals surface area contributed by atoms with Crippen LogP contribution in [0.5, 0.6) is 0 Å². The van der Waals surface area contributed by atoms with Crippen molar-refractivity contribution in [3.63, 3.8) is 0 Å². The predicted molar refractivity (Wildman–Crippen MR) is 47.8 cm³/mol. The van der Waals surface area contributed by atoms with Gasteiger partial charge >= 0.3 is 41.5 Å². The summed E-state index contributed by atoms with van der Waals surface area (Å²) in [5.41, 5.74) is 0. The van der Waals surface area contributed by atoms with Crippen LogP contribution in [0.15, 0.2) is 0 Å². The van der Waals surface area contributed by atoms with Crippen LogP contribution in [0.3, 0.4) is 0 Å². The Bertz CT molecular complexity index is 266. The van der Waals surface area contributed by atoms with Gasteiger partial charge in [-0.15, -0.1) is 0 Å². The molecule has 0 heterocycles. The summed E-state index contributed by atoms with van der Waals surface area (Å²) in [7, 11) is 0. The molecule has 8 heteroatoms. The number of carboxylic acid groups (broad SMARTS) is 1. The first-order chi connectivity index (χ1) is 7.49. The van der Waals surface area contributed by atoms with E-state index in [-0.39, 0.29) is 42.6 Å². The summed E-state index contributed by atoms with van der Waals surface area (Å²) in [5, 5.41) is 18.8. The van der Waals surface area contributed by atoms with Gasteiger partial charge in [0.05, 0.1) is 19.0 Å². The van der Waals surface area contributed by atoms with E-state index in [1.807, 2.05) is 0 Å². The molecule has 1 N–H and O–H groups in total. The molecule has 0 rings (SSSR count). The number of aliphatic hydroxyl groups excluding tert-OH is 1. The van der Waals surface area contributed by atoms with Crippen molar-refractivity contribution in [2.75, 3.05) is 13.2 Å². The van der Waals surface area contributed by atoms with Crippen LogP contribution in [0.4, 0.5) is 0 Å². The van der Waals surface area contributed by atoms with Gasteiger partial charge in [0.1, 0.15) is 6.61 Å². The quantitative estimate of drug-likeness (QED) is 0.275. The number of rotatable bonds is 7. The van der Waals surface area contributed by atoms with Gasteiger partial charge in [-0.3, -0.25) is 9.59 Å². The molecule has 92 valence electrons. The molecule has 0 amide bonds. The number of carboxylic acids is 1. The van der Waals surface area contributed by atoms with Crippen LogP contribution in [-0.4, -0.2) is 42.3 Å². The summed E-state index contributed by atoms with van der Waals surface area (Å²) in [6.07, 6.45) is -1.72. The summed E-state index contributed by atoms with van der Waals surface area (Å²) in [4.78, 5) is 31.6. The third-order valence-corrected chi connectivity index (χ3v) is 1.51. The Balaban J connectivity index is 0. The number of aliphatic hydroxyl groups is 1. The van der Waals surface area contributed by atoms with E-state index in [1.165, 1.54) is 0 Å². The van der Waals surface area contributed by atoms with E-state index in [0.717, 1.165) is 0 Å². The Morgan fingerprint density at radius 2 is 1.88 bits per heavy atom. The molecular formula is C9H13NaO7. The van der Waals surface area contributed by atoms with E-state index < -0.39 is 37.0 Å². The van der Waals surface area contributed by atoms with Gasteiger partial charge in [0, 0.05) is 6.42 Å². The van der Waals surface area contributed by atoms with Gasteiger partial charge in [0.15, 0.2) is 6.10 Å². The molecule has 0 aromatic rings. The van der Waals surface area contributed by atoms with Crippen LogP contribution in [0.1, 0.15) is 19.8 Å². The second-order valence-corrected chi connectivity index (χ2v) is 2.88. The van der Waals surface area contributed by atoms with E-state index in [9.17, 15) is 19.5 Å². The largest absolute Gasteiger partial charge is 1.00 e. The monoisotopic (exact) mass is 256 g/mol. The molecule has 0 radical (unpaired) electrons. The Kier molecular flexibility index (Phi) is 11.6. The molecule has 7 nitrogen and oxygen atoms in total. The third kappa shape index (κ3) is 10.3. The Morgan fingerprint density at radius 1 is 1.29 bits per heavy atom. The van der Waals surface area contributed by atoms with Crippen LogP contribution in [0.2, 0.25) is 0 Å². The molecule has 1 unspecified atom stereocenters. The Labute approximate surface area is 120 Å². The van der Waals surface area contributed by atoms with Gasteiger partial charge in [-0.1, -0.05) is 6.92 Å². The second-order valence-electron chi connectivity index (χ2n) is 2.88. The average Bonchev–Trinajstić information content (AvgIpc) is 2.22. The zero-order valence-electron chi connectivity index (χ0n) is 9.80. The molecule has 0 saturated carbocycles. The van der Waals surface area contributed by atoms with Gasteiger partial charge in [-0.05, 0) is 0 Å². The maximum atomic E-state index is 10.8. The van der Waals surface area contributed by atoms with Crippen LogP contribution < -0.4 is 34.7 Å². The van der Waals surface area contributed by atoms with Crippen molar-refractivity contribution in [3.8, 4) is 0 Å². The molecule has 0 saturated heterocycles. The molecule has 17 heavy (non-hydrogen) atoms. The summed E-state index contributed by atoms with van der Waals surface area (Å²) in [6, 6.07) is 0. The van der Waals surface area contributed by atoms with Crippen molar-refractivity contribution < 1.29 is 63.6 Å². The first-order valence-corrected chi connectivity index (χ1v) is 4.65. The number of ether oxygens (including phenoxy) is 2. The summed E-state index contributed by atoms with van der Waals surface area (Å²) in [6.45, 7) is 0.678. The molecule has 0 aromatic heterocycles. The molecule has 0 fully saturated rings. The molecule has 0 aliphatic carbocycles. The normalized spacial score (nSPS) is 10.9. The number of hydrogen-bond acceptors (Lipinski definition) is 7. The SMILES string of the molecule is CCC(=O)OC(CO)COC(=O)CC(=O)[O-].[Na+]. The van der Waals surface area contributed by atoms with E-state index in [0.29, 0.717) is 0 Å². The number of carbonyl (C=O) groups is 3. The minimum absolute atomic E-state index is 0. The maximum Gasteiger partial charge on any atom is 1.00 e. The van der Waals surface area contributed by atoms with Crippen LogP contribution in [0, 0.1) is 0 Å². The molecule has 0 aromatic carbocycles. The number of esters is 2. The zero-order chi connectivity index (χ0) is 12.6. The molecule has 0 bridgehead atoms. The molecule has 0 spiro atoms. The standard InChI is InChI=1S/C9H14O7.Na/c1-2-8(13)16-6(4-10)5-15-9(14)3-7(11)12;/h6,10H,2-5H2,1H3,(H,11,12);/q;+1/p-1. The zero-order valence-corrected chi connectivity index (χ0v) is 11.8. The fourth-order valence-electron chi connectivity index (χ4n) is 0.748. The molecule has 0 aliphatic rings. The van der Waals surface area contributed by atoms with E-state index in [1.54, 1.807) is 6.92 Å². The van der Waals surface area contributed by atoms with Crippen molar-refractivity contribution in [3.05, 3.63) is 0 Å². The third-order valence-electron chi connectivity index (χ3n) is 1.51. The van der Waals surface area contributed by atoms with Gasteiger partial charge in [0.25, 0.3) is 0 Å². The van der Waals surface area contributed by atoms with Gasteiger partial charge in [-0.2, -0.15) is 0 Å². The van der Waals surface area contributed by atoms with E-state index in [2.05, 4.69) is 9.47 Å². The molecule has 1 atom stereocenters. The second kappa shape index (κ2) is 10.5. The van der Waals surface area contributed by atoms with E-state index >= 15 is 0 Å². The fraction of sp³-hybridized carbons (Fsp3) is 0.667. The smallest absolute Gasteiger partial charge is 0.550 e. The average molecular weight is 256 g/mol. The van der Waals surface area contributed by atoms with Crippen LogP contribution in [0.25, 0.3) is 0 Å². The number of carbonyl (C=O) groups excluding carboxylic acids is 3. The van der Waals surface area contributed by atoms with E-state index in [4.69, 9.17) is 5.11 Å². The minimum Gasteiger partial charge on any atom is -0.550 e. The minimum atomic E-state index is -1.56. The van der Waals surface area contributed by atoms with Crippen molar-refractivity contribution in [1.29, 1.82) is 0 Å². The fourth-order valence-corrected chi connectivity index (χ4v) is 0.748. The summed E-state index contributed by atoms with van der Waals surface area (Å²) < 4.78 is 9.13. The van der Waals surface area contributed by atoms with Gasteiger partial charge in [0.2, 0.25) is 0 Å². The molecule has 0 aliphatic heterocycles. The Hall–Kier alpha value is -0.630. The van der Waals surface area contributed by atoms with Crippen molar-refractivity contribution >= 4 is 17.9 Å². The maximum absolute atomic E-state index is 10.8. The summed E-state index contributed by atoms with van der Waals surface area (Å²) in [5.74, 6) is -3.11. The number of hydrogen-bond donors (Lipinski definition) is 1. The van der Waals surface area contributed by atoms with Crippen molar-refractivity contribution in [1.82, 2.24) is 0 Å². The van der Waals surface area contributed by atoms with Crippen LogP contribution >= 0.6 is 0 Å².